The van der Waals surface area contributed by atoms with Gasteiger partial charge >= 0.3 is 0 Å². The number of amides is 2. The van der Waals surface area contributed by atoms with Gasteiger partial charge in [-0.25, -0.2) is 8.42 Å². The van der Waals surface area contributed by atoms with Crippen LogP contribution in [0.15, 0.2) is 66.7 Å². The van der Waals surface area contributed by atoms with Crippen LogP contribution in [0.25, 0.3) is 10.8 Å². The predicted octanol–water partition coefficient (Wildman–Crippen LogP) is 3.08. The number of aryl methyl sites for hydroxylation is 1. The minimum Gasteiger partial charge on any atom is -0.357 e. The highest BCUT2D eigenvalue weighted by Crippen LogP contribution is 2.28. The maximum absolute atomic E-state index is 13.5. The van der Waals surface area contributed by atoms with Crippen molar-refractivity contribution in [2.45, 2.75) is 26.4 Å². The SMILES string of the molecule is CNC(=O)[C@@H](C)N(Cc1ccccc1C)C(=O)CN(c1cccc2ccccc12)S(C)(=O)=O. The molecule has 1 N–H and O–H groups in total. The van der Waals surface area contributed by atoms with Crippen molar-refractivity contribution in [1.29, 1.82) is 0 Å². The molecule has 0 aromatic heterocycles. The standard InChI is InChI=1S/C25H29N3O4S/c1-18-10-5-6-12-21(18)16-27(19(2)25(30)26-3)24(29)17-28(33(4,31)32)23-15-9-13-20-11-7-8-14-22(20)23/h5-15,19H,16-17H2,1-4H3,(H,26,30)/t19-/m1/s1. The van der Waals surface area contributed by atoms with E-state index in [1.54, 1.807) is 19.1 Å². The molecule has 3 rings (SSSR count). The number of carbonyl (C=O) groups excluding carboxylic acids is 2. The second-order valence-corrected chi connectivity index (χ2v) is 9.91. The molecule has 0 saturated carbocycles. The summed E-state index contributed by atoms with van der Waals surface area (Å²) in [7, 11) is -2.28. The fraction of sp³-hybridized carbons (Fsp3) is 0.280. The summed E-state index contributed by atoms with van der Waals surface area (Å²) in [6.07, 6.45) is 1.08. The molecule has 8 heteroatoms. The van der Waals surface area contributed by atoms with E-state index in [0.717, 1.165) is 32.5 Å². The Bertz CT molecular complexity index is 1270. The number of rotatable bonds is 8. The molecule has 0 aliphatic rings. The quantitative estimate of drug-likeness (QED) is 0.552. The van der Waals surface area contributed by atoms with Crippen LogP contribution in [0, 0.1) is 6.92 Å². The number of hydrogen-bond acceptors (Lipinski definition) is 4. The van der Waals surface area contributed by atoms with Crippen LogP contribution in [0.2, 0.25) is 0 Å². The maximum Gasteiger partial charge on any atom is 0.244 e. The van der Waals surface area contributed by atoms with Gasteiger partial charge in [0.1, 0.15) is 12.6 Å². The molecule has 7 nitrogen and oxygen atoms in total. The van der Waals surface area contributed by atoms with Crippen molar-refractivity contribution >= 4 is 38.3 Å². The van der Waals surface area contributed by atoms with Gasteiger partial charge in [-0.3, -0.25) is 13.9 Å². The Labute approximate surface area is 195 Å². The molecule has 0 aliphatic carbocycles. The van der Waals surface area contributed by atoms with Crippen molar-refractivity contribution in [3.63, 3.8) is 0 Å². The van der Waals surface area contributed by atoms with Crippen LogP contribution in [0.4, 0.5) is 5.69 Å². The zero-order valence-electron chi connectivity index (χ0n) is 19.3. The van der Waals surface area contributed by atoms with Gasteiger partial charge in [-0.2, -0.15) is 0 Å². The minimum absolute atomic E-state index is 0.188. The number of anilines is 1. The molecule has 0 radical (unpaired) electrons. The van der Waals surface area contributed by atoms with Gasteiger partial charge in [0.05, 0.1) is 11.9 Å². The summed E-state index contributed by atoms with van der Waals surface area (Å²) in [5.74, 6) is -0.791. The topological polar surface area (TPSA) is 86.8 Å². The smallest absolute Gasteiger partial charge is 0.244 e. The molecule has 0 fully saturated rings. The van der Waals surface area contributed by atoms with Gasteiger partial charge in [-0.05, 0) is 36.4 Å². The third kappa shape index (κ3) is 5.51. The number of carbonyl (C=O) groups is 2. The van der Waals surface area contributed by atoms with Crippen LogP contribution in [0.3, 0.4) is 0 Å². The zero-order valence-corrected chi connectivity index (χ0v) is 20.1. The first-order valence-electron chi connectivity index (χ1n) is 10.6. The highest BCUT2D eigenvalue weighted by atomic mass is 32.2. The first-order valence-corrected chi connectivity index (χ1v) is 12.5. The molecule has 0 bridgehead atoms. The molecule has 33 heavy (non-hydrogen) atoms. The monoisotopic (exact) mass is 467 g/mol. The molecule has 0 saturated heterocycles. The summed E-state index contributed by atoms with van der Waals surface area (Å²) in [5.41, 5.74) is 2.29. The van der Waals surface area contributed by atoms with Gasteiger partial charge in [0, 0.05) is 19.0 Å². The van der Waals surface area contributed by atoms with Crippen LogP contribution in [-0.4, -0.2) is 51.0 Å². The highest BCUT2D eigenvalue weighted by molar-refractivity contribution is 7.92. The molecule has 0 unspecified atom stereocenters. The normalized spacial score (nSPS) is 12.2. The Morgan fingerprint density at radius 3 is 2.27 bits per heavy atom. The zero-order chi connectivity index (χ0) is 24.2. The van der Waals surface area contributed by atoms with Gasteiger partial charge in [-0.15, -0.1) is 0 Å². The van der Waals surface area contributed by atoms with Gasteiger partial charge in [0.15, 0.2) is 0 Å². The number of sulfonamides is 1. The average molecular weight is 468 g/mol. The van der Waals surface area contributed by atoms with Crippen molar-refractivity contribution in [2.75, 3.05) is 24.2 Å². The second kappa shape index (κ2) is 10.0. The van der Waals surface area contributed by atoms with Crippen LogP contribution < -0.4 is 9.62 Å². The minimum atomic E-state index is -3.79. The molecule has 0 spiro atoms. The van der Waals surface area contributed by atoms with E-state index in [9.17, 15) is 18.0 Å². The molecular weight excluding hydrogens is 438 g/mol. The molecule has 3 aromatic rings. The van der Waals surface area contributed by atoms with E-state index in [4.69, 9.17) is 0 Å². The molecule has 1 atom stereocenters. The van der Waals surface area contributed by atoms with Crippen molar-refractivity contribution in [3.05, 3.63) is 77.9 Å². The molecule has 2 amide bonds. The third-order valence-electron chi connectivity index (χ3n) is 5.73. The number of fused-ring (bicyclic) bond motifs is 1. The van der Waals surface area contributed by atoms with E-state index in [-0.39, 0.29) is 12.5 Å². The summed E-state index contributed by atoms with van der Waals surface area (Å²) in [5, 5.41) is 4.17. The van der Waals surface area contributed by atoms with Crippen LogP contribution in [0.1, 0.15) is 18.1 Å². The fourth-order valence-corrected chi connectivity index (χ4v) is 4.64. The average Bonchev–Trinajstić information content (AvgIpc) is 2.80. The third-order valence-corrected chi connectivity index (χ3v) is 6.86. The van der Waals surface area contributed by atoms with Gasteiger partial charge in [0.25, 0.3) is 0 Å². The first-order chi connectivity index (χ1) is 15.6. The number of nitrogens with one attached hydrogen (secondary N) is 1. The Kier molecular flexibility index (Phi) is 7.38. The molecule has 0 aliphatic heterocycles. The largest absolute Gasteiger partial charge is 0.357 e. The van der Waals surface area contributed by atoms with E-state index in [0.29, 0.717) is 5.69 Å². The Morgan fingerprint density at radius 1 is 0.970 bits per heavy atom. The molecule has 3 aromatic carbocycles. The molecule has 0 heterocycles. The lowest BCUT2D eigenvalue weighted by Gasteiger charge is -2.32. The van der Waals surface area contributed by atoms with E-state index >= 15 is 0 Å². The number of nitrogens with zero attached hydrogens (tertiary/aromatic N) is 2. The van der Waals surface area contributed by atoms with E-state index in [1.807, 2.05) is 61.5 Å². The van der Waals surface area contributed by atoms with Gasteiger partial charge in [-0.1, -0.05) is 60.7 Å². The highest BCUT2D eigenvalue weighted by Gasteiger charge is 2.30. The summed E-state index contributed by atoms with van der Waals surface area (Å²) in [6.45, 7) is 3.34. The Balaban J connectivity index is 2.01. The van der Waals surface area contributed by atoms with Crippen LogP contribution >= 0.6 is 0 Å². The number of benzene rings is 3. The van der Waals surface area contributed by atoms with E-state index in [2.05, 4.69) is 5.32 Å². The van der Waals surface area contributed by atoms with Crippen LogP contribution in [0.5, 0.6) is 0 Å². The van der Waals surface area contributed by atoms with Crippen molar-refractivity contribution < 1.29 is 18.0 Å². The molecular formula is C25H29N3O4S. The summed E-state index contributed by atoms with van der Waals surface area (Å²) in [4.78, 5) is 27.4. The van der Waals surface area contributed by atoms with Crippen LogP contribution in [-0.2, 0) is 26.2 Å². The lowest BCUT2D eigenvalue weighted by Crippen LogP contribution is -2.50. The Morgan fingerprint density at radius 2 is 1.61 bits per heavy atom. The van der Waals surface area contributed by atoms with E-state index < -0.39 is 28.5 Å². The summed E-state index contributed by atoms with van der Waals surface area (Å²) >= 11 is 0. The summed E-state index contributed by atoms with van der Waals surface area (Å²) < 4.78 is 26.7. The first kappa shape index (κ1) is 24.3. The van der Waals surface area contributed by atoms with Gasteiger partial charge in [0.2, 0.25) is 21.8 Å². The lowest BCUT2D eigenvalue weighted by atomic mass is 10.1. The lowest BCUT2D eigenvalue weighted by molar-refractivity contribution is -0.139. The van der Waals surface area contributed by atoms with Crippen molar-refractivity contribution in [1.82, 2.24) is 10.2 Å². The number of hydrogen-bond donors (Lipinski definition) is 1. The van der Waals surface area contributed by atoms with Crippen molar-refractivity contribution in [2.24, 2.45) is 0 Å². The Hall–Kier alpha value is -3.39. The van der Waals surface area contributed by atoms with Gasteiger partial charge < -0.3 is 10.2 Å². The van der Waals surface area contributed by atoms with E-state index in [1.165, 1.54) is 11.9 Å². The maximum atomic E-state index is 13.5. The van der Waals surface area contributed by atoms with Crippen molar-refractivity contribution in [3.8, 4) is 0 Å². The summed E-state index contributed by atoms with van der Waals surface area (Å²) in [6, 6.07) is 19.6. The second-order valence-electron chi connectivity index (χ2n) is 8.01. The fourth-order valence-electron chi connectivity index (χ4n) is 3.78. The number of likely N-dealkylation sites (N-methyl/N-ethyl adjacent to an activating group) is 1. The predicted molar refractivity (Wildman–Crippen MR) is 131 cm³/mol. The molecule has 174 valence electrons.